The maximum absolute atomic E-state index is 12.0. The average Bonchev–Trinajstić information content (AvgIpc) is 3.36. The van der Waals surface area contributed by atoms with Gasteiger partial charge in [0.2, 0.25) is 5.91 Å². The number of nitrogen functional groups attached to an aromatic ring is 1. The molecule has 0 radical (unpaired) electrons. The first-order valence-electron chi connectivity index (χ1n) is 10.1. The van der Waals surface area contributed by atoms with Gasteiger partial charge in [-0.3, -0.25) is 4.79 Å². The summed E-state index contributed by atoms with van der Waals surface area (Å²) in [5.41, 5.74) is 7.47. The van der Waals surface area contributed by atoms with E-state index in [0.717, 1.165) is 25.8 Å². The summed E-state index contributed by atoms with van der Waals surface area (Å²) in [6, 6.07) is 0.0415. The van der Waals surface area contributed by atoms with Crippen LogP contribution in [0.4, 0.5) is 5.82 Å². The van der Waals surface area contributed by atoms with Gasteiger partial charge in [0.15, 0.2) is 5.65 Å². The minimum absolute atomic E-state index is 0.0415. The molecule has 1 amide bonds. The molecule has 7 heteroatoms. The molecule has 146 valence electrons. The summed E-state index contributed by atoms with van der Waals surface area (Å²) in [6.45, 7) is 4.92. The molecule has 2 N–H and O–H groups in total. The van der Waals surface area contributed by atoms with E-state index in [-0.39, 0.29) is 11.9 Å². The molecule has 2 aliphatic rings. The lowest BCUT2D eigenvalue weighted by atomic mass is 10.0. The molecule has 0 unspecified atom stereocenters. The van der Waals surface area contributed by atoms with Gasteiger partial charge < -0.3 is 10.6 Å². The van der Waals surface area contributed by atoms with Crippen LogP contribution >= 0.6 is 0 Å². The SMILES string of the molecule is C=CC(=O)N1CCC[C@@H](n2nc(C#CCC3CCCC3)c3c(N)ncnc32)C1. The third-order valence-electron chi connectivity index (χ3n) is 5.82. The Morgan fingerprint density at radius 3 is 2.89 bits per heavy atom. The summed E-state index contributed by atoms with van der Waals surface area (Å²) in [5.74, 6) is 7.57. The molecule has 7 nitrogen and oxygen atoms in total. The van der Waals surface area contributed by atoms with Gasteiger partial charge in [-0.15, -0.1) is 0 Å². The number of hydrogen-bond donors (Lipinski definition) is 1. The zero-order chi connectivity index (χ0) is 19.5. The molecule has 2 aromatic heterocycles. The second-order valence-corrected chi connectivity index (χ2v) is 7.69. The van der Waals surface area contributed by atoms with E-state index in [2.05, 4.69) is 28.4 Å². The highest BCUT2D eigenvalue weighted by Crippen LogP contribution is 2.29. The standard InChI is InChI=1S/C21H26N6O/c1-2-18(28)26-12-6-10-16(13-26)27-21-19(20(22)23-14-24-21)17(25-27)11-5-9-15-7-3-4-8-15/h2,14-16H,1,3-4,6-10,12-13H2,(H2,22,23,24)/t16-/m1/s1. The number of likely N-dealkylation sites (tertiary alicyclic amines) is 1. The van der Waals surface area contributed by atoms with E-state index >= 15 is 0 Å². The van der Waals surface area contributed by atoms with Gasteiger partial charge in [0, 0.05) is 19.5 Å². The Bertz CT molecular complexity index is 947. The topological polar surface area (TPSA) is 89.9 Å². The summed E-state index contributed by atoms with van der Waals surface area (Å²) in [4.78, 5) is 22.4. The third kappa shape index (κ3) is 3.59. The van der Waals surface area contributed by atoms with Crippen molar-refractivity contribution in [2.24, 2.45) is 5.92 Å². The minimum Gasteiger partial charge on any atom is -0.383 e. The molecular formula is C21H26N6O. The van der Waals surface area contributed by atoms with Crippen molar-refractivity contribution in [3.05, 3.63) is 24.7 Å². The fourth-order valence-corrected chi connectivity index (χ4v) is 4.31. The van der Waals surface area contributed by atoms with E-state index in [1.165, 1.54) is 38.1 Å². The maximum atomic E-state index is 12.0. The van der Waals surface area contributed by atoms with Crippen LogP contribution in [0.2, 0.25) is 0 Å². The van der Waals surface area contributed by atoms with E-state index in [0.29, 0.717) is 35.0 Å². The number of anilines is 1. The van der Waals surface area contributed by atoms with Crippen molar-refractivity contribution in [3.63, 3.8) is 0 Å². The van der Waals surface area contributed by atoms with Gasteiger partial charge in [-0.2, -0.15) is 5.10 Å². The van der Waals surface area contributed by atoms with Crippen molar-refractivity contribution in [1.82, 2.24) is 24.6 Å². The van der Waals surface area contributed by atoms with Crippen molar-refractivity contribution in [3.8, 4) is 11.8 Å². The van der Waals surface area contributed by atoms with Crippen LogP contribution in [-0.2, 0) is 4.79 Å². The molecule has 1 aliphatic carbocycles. The van der Waals surface area contributed by atoms with E-state index in [4.69, 9.17) is 10.8 Å². The second-order valence-electron chi connectivity index (χ2n) is 7.69. The molecule has 4 rings (SSSR count). The summed E-state index contributed by atoms with van der Waals surface area (Å²) in [6.07, 6.45) is 10.7. The van der Waals surface area contributed by atoms with Gasteiger partial charge in [-0.05, 0) is 43.6 Å². The Balaban J connectivity index is 1.65. The van der Waals surface area contributed by atoms with Crippen LogP contribution in [0.5, 0.6) is 0 Å². The first-order chi connectivity index (χ1) is 13.7. The molecule has 1 saturated heterocycles. The molecule has 1 aliphatic heterocycles. The molecule has 0 spiro atoms. The molecule has 2 fully saturated rings. The van der Waals surface area contributed by atoms with Crippen LogP contribution in [0, 0.1) is 17.8 Å². The Hall–Kier alpha value is -2.88. The van der Waals surface area contributed by atoms with Gasteiger partial charge in [-0.1, -0.05) is 25.3 Å². The molecule has 0 aromatic carbocycles. The Kier molecular flexibility index (Phi) is 5.29. The van der Waals surface area contributed by atoms with Crippen LogP contribution in [0.25, 0.3) is 11.0 Å². The number of carbonyl (C=O) groups is 1. The van der Waals surface area contributed by atoms with E-state index in [1.807, 2.05) is 9.58 Å². The maximum Gasteiger partial charge on any atom is 0.246 e. The number of piperidine rings is 1. The number of fused-ring (bicyclic) bond motifs is 1. The summed E-state index contributed by atoms with van der Waals surface area (Å²) >= 11 is 0. The van der Waals surface area contributed by atoms with E-state index in [9.17, 15) is 4.79 Å². The lowest BCUT2D eigenvalue weighted by Gasteiger charge is -2.32. The van der Waals surface area contributed by atoms with E-state index < -0.39 is 0 Å². The van der Waals surface area contributed by atoms with Crippen molar-refractivity contribution < 1.29 is 4.79 Å². The van der Waals surface area contributed by atoms with Crippen LogP contribution in [0.3, 0.4) is 0 Å². The zero-order valence-corrected chi connectivity index (χ0v) is 16.1. The molecule has 1 atom stereocenters. The zero-order valence-electron chi connectivity index (χ0n) is 16.1. The Labute approximate surface area is 165 Å². The quantitative estimate of drug-likeness (QED) is 0.655. The van der Waals surface area contributed by atoms with E-state index in [1.54, 1.807) is 0 Å². The van der Waals surface area contributed by atoms with Crippen molar-refractivity contribution in [2.75, 3.05) is 18.8 Å². The molecule has 28 heavy (non-hydrogen) atoms. The molecular weight excluding hydrogens is 352 g/mol. The van der Waals surface area contributed by atoms with Crippen LogP contribution < -0.4 is 5.73 Å². The van der Waals surface area contributed by atoms with Gasteiger partial charge >= 0.3 is 0 Å². The fourth-order valence-electron chi connectivity index (χ4n) is 4.31. The summed E-state index contributed by atoms with van der Waals surface area (Å²) in [5, 5.41) is 5.47. The molecule has 3 heterocycles. The van der Waals surface area contributed by atoms with Crippen molar-refractivity contribution >= 4 is 22.8 Å². The van der Waals surface area contributed by atoms with Gasteiger partial charge in [-0.25, -0.2) is 14.6 Å². The number of carbonyl (C=O) groups excluding carboxylic acids is 1. The monoisotopic (exact) mass is 378 g/mol. The summed E-state index contributed by atoms with van der Waals surface area (Å²) < 4.78 is 1.88. The largest absolute Gasteiger partial charge is 0.383 e. The first-order valence-corrected chi connectivity index (χ1v) is 10.1. The lowest BCUT2D eigenvalue weighted by Crippen LogP contribution is -2.40. The van der Waals surface area contributed by atoms with Gasteiger partial charge in [0.1, 0.15) is 17.8 Å². The summed E-state index contributed by atoms with van der Waals surface area (Å²) in [7, 11) is 0. The first kappa shape index (κ1) is 18.5. The van der Waals surface area contributed by atoms with Gasteiger partial charge in [0.25, 0.3) is 0 Å². The highest BCUT2D eigenvalue weighted by Gasteiger charge is 2.27. The third-order valence-corrected chi connectivity index (χ3v) is 5.82. The number of aromatic nitrogens is 4. The van der Waals surface area contributed by atoms with Crippen LogP contribution in [0.1, 0.15) is 56.7 Å². The van der Waals surface area contributed by atoms with Crippen molar-refractivity contribution in [1.29, 1.82) is 0 Å². The van der Waals surface area contributed by atoms with Crippen LogP contribution in [0.15, 0.2) is 19.0 Å². The highest BCUT2D eigenvalue weighted by molar-refractivity contribution is 5.90. The Morgan fingerprint density at radius 1 is 1.29 bits per heavy atom. The van der Waals surface area contributed by atoms with Crippen molar-refractivity contribution in [2.45, 2.75) is 51.0 Å². The molecule has 0 bridgehead atoms. The number of hydrogen-bond acceptors (Lipinski definition) is 5. The normalized spacial score (nSPS) is 20.1. The predicted molar refractivity (Wildman–Crippen MR) is 108 cm³/mol. The molecule has 2 aromatic rings. The second kappa shape index (κ2) is 8.01. The number of rotatable bonds is 3. The smallest absolute Gasteiger partial charge is 0.246 e. The lowest BCUT2D eigenvalue weighted by molar-refractivity contribution is -0.127. The number of amides is 1. The predicted octanol–water partition coefficient (Wildman–Crippen LogP) is 2.69. The Morgan fingerprint density at radius 2 is 2.11 bits per heavy atom. The number of nitrogens with zero attached hydrogens (tertiary/aromatic N) is 5. The van der Waals surface area contributed by atoms with Gasteiger partial charge in [0.05, 0.1) is 11.4 Å². The molecule has 1 saturated carbocycles. The minimum atomic E-state index is -0.0492. The number of nitrogens with two attached hydrogens (primary N) is 1. The fraction of sp³-hybridized carbons (Fsp3) is 0.524. The van der Waals surface area contributed by atoms with Crippen LogP contribution in [-0.4, -0.2) is 43.6 Å². The highest BCUT2D eigenvalue weighted by atomic mass is 16.2. The average molecular weight is 378 g/mol.